The third kappa shape index (κ3) is 3.43. The Morgan fingerprint density at radius 1 is 0.903 bits per heavy atom. The Morgan fingerprint density at radius 2 is 1.68 bits per heavy atom. The zero-order valence-corrected chi connectivity index (χ0v) is 17.4. The SMILES string of the molecule is COC(=O)c1ccc2c(c1)nc(SCC(=O)c1ccccc1)n1c3ccccc3nc21. The molecule has 0 saturated heterocycles. The molecule has 31 heavy (non-hydrogen) atoms. The van der Waals surface area contributed by atoms with E-state index in [2.05, 4.69) is 0 Å². The van der Waals surface area contributed by atoms with E-state index in [1.165, 1.54) is 18.9 Å². The van der Waals surface area contributed by atoms with Crippen molar-refractivity contribution in [1.29, 1.82) is 0 Å². The number of hydrogen-bond donors (Lipinski definition) is 0. The summed E-state index contributed by atoms with van der Waals surface area (Å²) in [6.45, 7) is 0. The molecule has 5 aromatic rings. The van der Waals surface area contributed by atoms with Gasteiger partial charge in [-0.25, -0.2) is 14.8 Å². The third-order valence-electron chi connectivity index (χ3n) is 5.06. The highest BCUT2D eigenvalue weighted by molar-refractivity contribution is 7.99. The van der Waals surface area contributed by atoms with Gasteiger partial charge in [-0.1, -0.05) is 54.2 Å². The van der Waals surface area contributed by atoms with Crippen molar-refractivity contribution in [3.63, 3.8) is 0 Å². The maximum absolute atomic E-state index is 12.7. The molecule has 5 rings (SSSR count). The van der Waals surface area contributed by atoms with Gasteiger partial charge in [0, 0.05) is 10.9 Å². The number of methoxy groups -OCH3 is 1. The maximum atomic E-state index is 12.7. The molecule has 0 radical (unpaired) electrons. The minimum absolute atomic E-state index is 0.0216. The number of carbonyl (C=O) groups excluding carboxylic acids is 2. The Labute approximate surface area is 181 Å². The molecule has 3 aromatic carbocycles. The van der Waals surface area contributed by atoms with Crippen LogP contribution in [0.15, 0.2) is 78.0 Å². The first-order chi connectivity index (χ1) is 15.2. The standard InChI is InChI=1S/C24H17N3O3S/c1-30-23(29)16-11-12-17-19(13-16)26-24(31-14-21(28)15-7-3-2-4-8-15)27-20-10-6-5-9-18(20)25-22(17)27/h2-13H,14H2,1H3. The van der Waals surface area contributed by atoms with E-state index >= 15 is 0 Å². The second-order valence-corrected chi connectivity index (χ2v) is 7.90. The summed E-state index contributed by atoms with van der Waals surface area (Å²) in [5.41, 5.74) is 4.19. The van der Waals surface area contributed by atoms with Crippen LogP contribution in [0.5, 0.6) is 0 Å². The summed E-state index contributed by atoms with van der Waals surface area (Å²) < 4.78 is 6.81. The number of ketones is 1. The second-order valence-electron chi connectivity index (χ2n) is 6.96. The zero-order valence-electron chi connectivity index (χ0n) is 16.6. The van der Waals surface area contributed by atoms with E-state index in [0.29, 0.717) is 21.8 Å². The van der Waals surface area contributed by atoms with Crippen molar-refractivity contribution in [3.05, 3.63) is 83.9 Å². The molecule has 0 aliphatic carbocycles. The number of esters is 1. The number of benzene rings is 3. The summed E-state index contributed by atoms with van der Waals surface area (Å²) in [6.07, 6.45) is 0. The van der Waals surface area contributed by atoms with Crippen LogP contribution in [0.3, 0.4) is 0 Å². The van der Waals surface area contributed by atoms with Crippen molar-refractivity contribution in [2.75, 3.05) is 12.9 Å². The lowest BCUT2D eigenvalue weighted by molar-refractivity contribution is 0.0600. The summed E-state index contributed by atoms with van der Waals surface area (Å²) >= 11 is 1.35. The molecule has 0 spiro atoms. The minimum Gasteiger partial charge on any atom is -0.465 e. The number of aromatic nitrogens is 3. The Balaban J connectivity index is 1.66. The first kappa shape index (κ1) is 19.3. The summed E-state index contributed by atoms with van der Waals surface area (Å²) in [4.78, 5) is 34.3. The summed E-state index contributed by atoms with van der Waals surface area (Å²) in [5, 5.41) is 1.46. The molecule has 0 unspecified atom stereocenters. The van der Waals surface area contributed by atoms with E-state index in [1.807, 2.05) is 65.1 Å². The monoisotopic (exact) mass is 427 g/mol. The number of carbonyl (C=O) groups is 2. The van der Waals surface area contributed by atoms with Crippen molar-refractivity contribution in [2.24, 2.45) is 0 Å². The van der Waals surface area contributed by atoms with Crippen molar-refractivity contribution in [2.45, 2.75) is 5.16 Å². The van der Waals surface area contributed by atoms with E-state index in [0.717, 1.165) is 22.1 Å². The number of fused-ring (bicyclic) bond motifs is 5. The van der Waals surface area contributed by atoms with Crippen molar-refractivity contribution < 1.29 is 14.3 Å². The topological polar surface area (TPSA) is 73.6 Å². The number of rotatable bonds is 5. The molecule has 6 nitrogen and oxygen atoms in total. The van der Waals surface area contributed by atoms with Crippen LogP contribution in [0, 0.1) is 0 Å². The van der Waals surface area contributed by atoms with E-state index < -0.39 is 5.97 Å². The highest BCUT2D eigenvalue weighted by Crippen LogP contribution is 2.30. The number of ether oxygens (including phenoxy) is 1. The molecule has 7 heteroatoms. The number of Topliss-reactive ketones (excluding diaryl/α,β-unsaturated/α-hetero) is 1. The lowest BCUT2D eigenvalue weighted by Gasteiger charge is -2.09. The van der Waals surface area contributed by atoms with Gasteiger partial charge in [0.05, 0.1) is 35.0 Å². The van der Waals surface area contributed by atoms with Crippen LogP contribution >= 0.6 is 11.8 Å². The maximum Gasteiger partial charge on any atom is 0.337 e. The van der Waals surface area contributed by atoms with Gasteiger partial charge in [0.15, 0.2) is 10.9 Å². The van der Waals surface area contributed by atoms with E-state index in [9.17, 15) is 9.59 Å². The highest BCUT2D eigenvalue weighted by Gasteiger charge is 2.17. The molecule has 0 aliphatic heterocycles. The molecular formula is C24H17N3O3S. The molecule has 0 aliphatic rings. The quantitative estimate of drug-likeness (QED) is 0.174. The lowest BCUT2D eigenvalue weighted by atomic mass is 10.1. The normalized spacial score (nSPS) is 11.3. The summed E-state index contributed by atoms with van der Waals surface area (Å²) in [7, 11) is 1.35. The second kappa shape index (κ2) is 7.85. The molecule has 2 heterocycles. The van der Waals surface area contributed by atoms with Gasteiger partial charge in [-0.15, -0.1) is 0 Å². The van der Waals surface area contributed by atoms with Gasteiger partial charge in [-0.3, -0.25) is 9.20 Å². The predicted octanol–water partition coefficient (Wildman–Crippen LogP) is 4.80. The average molecular weight is 427 g/mol. The number of nitrogens with zero attached hydrogens (tertiary/aromatic N) is 3. The molecule has 0 bridgehead atoms. The molecule has 0 amide bonds. The lowest BCUT2D eigenvalue weighted by Crippen LogP contribution is -2.05. The fourth-order valence-electron chi connectivity index (χ4n) is 3.55. The fourth-order valence-corrected chi connectivity index (χ4v) is 4.45. The molecule has 2 aromatic heterocycles. The van der Waals surface area contributed by atoms with Crippen molar-refractivity contribution in [3.8, 4) is 0 Å². The van der Waals surface area contributed by atoms with E-state index in [4.69, 9.17) is 14.7 Å². The van der Waals surface area contributed by atoms with E-state index in [-0.39, 0.29) is 11.5 Å². The van der Waals surface area contributed by atoms with Crippen LogP contribution in [0.1, 0.15) is 20.7 Å². The zero-order chi connectivity index (χ0) is 21.4. The number of thioether (sulfide) groups is 1. The highest BCUT2D eigenvalue weighted by atomic mass is 32.2. The molecular weight excluding hydrogens is 410 g/mol. The first-order valence-corrected chi connectivity index (χ1v) is 10.6. The van der Waals surface area contributed by atoms with Crippen LogP contribution in [-0.4, -0.2) is 39.0 Å². The Hall–Kier alpha value is -3.71. The van der Waals surface area contributed by atoms with Gasteiger partial charge >= 0.3 is 5.97 Å². The van der Waals surface area contributed by atoms with Crippen LogP contribution in [-0.2, 0) is 4.74 Å². The average Bonchev–Trinajstić information content (AvgIpc) is 3.22. The number of hydrogen-bond acceptors (Lipinski definition) is 6. The van der Waals surface area contributed by atoms with Crippen LogP contribution in [0.4, 0.5) is 0 Å². The van der Waals surface area contributed by atoms with Gasteiger partial charge in [0.25, 0.3) is 0 Å². The van der Waals surface area contributed by atoms with Gasteiger partial charge < -0.3 is 4.74 Å². The minimum atomic E-state index is -0.425. The smallest absolute Gasteiger partial charge is 0.337 e. The van der Waals surface area contributed by atoms with Gasteiger partial charge in [-0.2, -0.15) is 0 Å². The first-order valence-electron chi connectivity index (χ1n) is 9.66. The summed E-state index contributed by atoms with van der Waals surface area (Å²) in [6, 6.07) is 22.2. The molecule has 0 saturated carbocycles. The summed E-state index contributed by atoms with van der Waals surface area (Å²) in [5.74, 6) is -0.167. The fraction of sp³-hybridized carbons (Fsp3) is 0.0833. The Kier molecular flexibility index (Phi) is 4.88. The van der Waals surface area contributed by atoms with Crippen molar-refractivity contribution in [1.82, 2.24) is 14.4 Å². The predicted molar refractivity (Wildman–Crippen MR) is 121 cm³/mol. The van der Waals surface area contributed by atoms with Gasteiger partial charge in [0.1, 0.15) is 5.65 Å². The Bertz CT molecular complexity index is 1460. The Morgan fingerprint density at radius 3 is 2.48 bits per heavy atom. The van der Waals surface area contributed by atoms with Crippen LogP contribution in [0.25, 0.3) is 27.6 Å². The van der Waals surface area contributed by atoms with Crippen LogP contribution in [0.2, 0.25) is 0 Å². The molecule has 0 N–H and O–H groups in total. The third-order valence-corrected chi connectivity index (χ3v) is 5.99. The number of para-hydroxylation sites is 2. The largest absolute Gasteiger partial charge is 0.465 e. The van der Waals surface area contributed by atoms with Crippen molar-refractivity contribution >= 4 is 51.1 Å². The molecule has 152 valence electrons. The molecule has 0 fully saturated rings. The number of imidazole rings is 1. The van der Waals surface area contributed by atoms with Gasteiger partial charge in [-0.05, 0) is 30.3 Å². The molecule has 0 atom stereocenters. The van der Waals surface area contributed by atoms with Gasteiger partial charge in [0.2, 0.25) is 0 Å². The van der Waals surface area contributed by atoms with E-state index in [1.54, 1.807) is 12.1 Å². The van der Waals surface area contributed by atoms with Crippen LogP contribution < -0.4 is 0 Å².